The predicted molar refractivity (Wildman–Crippen MR) is 100 cm³/mol. The number of aromatic nitrogens is 3. The zero-order chi connectivity index (χ0) is 17.4. The van der Waals surface area contributed by atoms with Gasteiger partial charge < -0.3 is 14.4 Å². The van der Waals surface area contributed by atoms with E-state index < -0.39 is 0 Å². The molecule has 4 heterocycles. The van der Waals surface area contributed by atoms with Gasteiger partial charge >= 0.3 is 0 Å². The number of carbonyl (C=O) groups excluding carboxylic acids is 1. The van der Waals surface area contributed by atoms with Crippen LogP contribution in [0.25, 0.3) is 10.2 Å². The third-order valence-corrected chi connectivity index (χ3v) is 5.96. The van der Waals surface area contributed by atoms with Crippen LogP contribution in [0.2, 0.25) is 0 Å². The minimum absolute atomic E-state index is 0.0445. The van der Waals surface area contributed by atoms with Crippen LogP contribution in [0.4, 0.5) is 5.69 Å². The average Bonchev–Trinajstić information content (AvgIpc) is 3.29. The van der Waals surface area contributed by atoms with Gasteiger partial charge in [0.2, 0.25) is 0 Å². The number of amides is 1. The van der Waals surface area contributed by atoms with Crippen molar-refractivity contribution in [2.75, 3.05) is 25.0 Å². The fourth-order valence-electron chi connectivity index (χ4n) is 3.51. The van der Waals surface area contributed by atoms with Gasteiger partial charge in [0.1, 0.15) is 5.69 Å². The van der Waals surface area contributed by atoms with Crippen LogP contribution in [0.15, 0.2) is 36.2 Å². The van der Waals surface area contributed by atoms with E-state index in [2.05, 4.69) is 32.4 Å². The smallest absolute Gasteiger partial charge is 0.272 e. The summed E-state index contributed by atoms with van der Waals surface area (Å²) >= 11 is 1.74. The maximum absolute atomic E-state index is 12.7. The van der Waals surface area contributed by atoms with E-state index in [0.29, 0.717) is 5.69 Å². The lowest BCUT2D eigenvalue weighted by Gasteiger charge is -2.38. The first-order valence-corrected chi connectivity index (χ1v) is 9.34. The SMILES string of the molecule is CN(C(=O)c1cncn1C)C1CCN(c2ccnc3ccsc23)CC1. The Morgan fingerprint density at radius 1 is 1.32 bits per heavy atom. The van der Waals surface area contributed by atoms with Crippen molar-refractivity contribution in [2.24, 2.45) is 7.05 Å². The van der Waals surface area contributed by atoms with E-state index in [1.54, 1.807) is 28.4 Å². The Kier molecular flexibility index (Phi) is 4.17. The molecule has 0 bridgehead atoms. The Balaban J connectivity index is 1.45. The molecule has 0 saturated carbocycles. The molecule has 3 aromatic rings. The fraction of sp³-hybridized carbons (Fsp3) is 0.389. The van der Waals surface area contributed by atoms with Gasteiger partial charge in [-0.1, -0.05) is 0 Å². The quantitative estimate of drug-likeness (QED) is 0.725. The zero-order valence-corrected chi connectivity index (χ0v) is 15.2. The molecule has 1 saturated heterocycles. The molecule has 4 rings (SSSR count). The third-order valence-electron chi connectivity index (χ3n) is 5.03. The van der Waals surface area contributed by atoms with Crippen molar-refractivity contribution in [3.05, 3.63) is 41.9 Å². The van der Waals surface area contributed by atoms with Gasteiger partial charge in [0, 0.05) is 39.4 Å². The Morgan fingerprint density at radius 3 is 2.84 bits per heavy atom. The first-order chi connectivity index (χ1) is 12.1. The first-order valence-electron chi connectivity index (χ1n) is 8.46. The molecule has 0 spiro atoms. The first kappa shape index (κ1) is 16.1. The summed E-state index contributed by atoms with van der Waals surface area (Å²) in [7, 11) is 3.76. The van der Waals surface area contributed by atoms with E-state index in [4.69, 9.17) is 0 Å². The summed E-state index contributed by atoms with van der Waals surface area (Å²) in [6.45, 7) is 1.90. The summed E-state index contributed by atoms with van der Waals surface area (Å²) in [6.07, 6.45) is 7.12. The molecule has 0 radical (unpaired) electrons. The second-order valence-electron chi connectivity index (χ2n) is 6.49. The molecule has 0 unspecified atom stereocenters. The molecule has 1 aliphatic rings. The van der Waals surface area contributed by atoms with Crippen molar-refractivity contribution in [1.29, 1.82) is 0 Å². The normalized spacial score (nSPS) is 15.7. The second kappa shape index (κ2) is 6.48. The molecule has 25 heavy (non-hydrogen) atoms. The highest BCUT2D eigenvalue weighted by Gasteiger charge is 2.27. The minimum Gasteiger partial charge on any atom is -0.370 e. The van der Waals surface area contributed by atoms with Gasteiger partial charge in [0.15, 0.2) is 0 Å². The van der Waals surface area contributed by atoms with Crippen molar-refractivity contribution in [3.63, 3.8) is 0 Å². The topological polar surface area (TPSA) is 54.3 Å². The van der Waals surface area contributed by atoms with Gasteiger partial charge in [-0.15, -0.1) is 11.3 Å². The number of aryl methyl sites for hydroxylation is 1. The van der Waals surface area contributed by atoms with E-state index in [0.717, 1.165) is 31.4 Å². The lowest BCUT2D eigenvalue weighted by atomic mass is 10.0. The largest absolute Gasteiger partial charge is 0.370 e. The lowest BCUT2D eigenvalue weighted by molar-refractivity contribution is 0.0699. The minimum atomic E-state index is 0.0445. The predicted octanol–water partition coefficient (Wildman–Crippen LogP) is 2.77. The van der Waals surface area contributed by atoms with Crippen LogP contribution in [0.1, 0.15) is 23.3 Å². The number of thiophene rings is 1. The standard InChI is InChI=1S/C18H21N5OS/c1-21-12-19-11-16(21)18(24)22(2)13-4-8-23(9-5-13)15-3-7-20-14-6-10-25-17(14)15/h3,6-7,10-13H,4-5,8-9H2,1-2H3. The van der Waals surface area contributed by atoms with Gasteiger partial charge in [0.05, 0.1) is 28.4 Å². The van der Waals surface area contributed by atoms with Gasteiger partial charge in [-0.05, 0) is 30.4 Å². The van der Waals surface area contributed by atoms with Crippen molar-refractivity contribution < 1.29 is 4.79 Å². The highest BCUT2D eigenvalue weighted by molar-refractivity contribution is 7.17. The molecule has 0 N–H and O–H groups in total. The van der Waals surface area contributed by atoms with Crippen LogP contribution in [0.5, 0.6) is 0 Å². The van der Waals surface area contributed by atoms with Crippen molar-refractivity contribution in [2.45, 2.75) is 18.9 Å². The molecule has 3 aromatic heterocycles. The number of carbonyl (C=O) groups is 1. The van der Waals surface area contributed by atoms with Crippen molar-refractivity contribution in [1.82, 2.24) is 19.4 Å². The summed E-state index contributed by atoms with van der Waals surface area (Å²) in [5.74, 6) is 0.0445. The molecular formula is C18H21N5OS. The fourth-order valence-corrected chi connectivity index (χ4v) is 4.40. The van der Waals surface area contributed by atoms with Gasteiger partial charge in [-0.2, -0.15) is 0 Å². The summed E-state index contributed by atoms with van der Waals surface area (Å²) in [5, 5.41) is 2.09. The number of nitrogens with zero attached hydrogens (tertiary/aromatic N) is 5. The van der Waals surface area contributed by atoms with Crippen molar-refractivity contribution >= 4 is 33.1 Å². The molecule has 1 aliphatic heterocycles. The summed E-state index contributed by atoms with van der Waals surface area (Å²) in [5.41, 5.74) is 2.96. The molecule has 7 heteroatoms. The van der Waals surface area contributed by atoms with Crippen LogP contribution in [-0.2, 0) is 7.05 Å². The number of piperidine rings is 1. The number of imidazole rings is 1. The Bertz CT molecular complexity index is 894. The van der Waals surface area contributed by atoms with E-state index in [-0.39, 0.29) is 11.9 Å². The molecule has 1 fully saturated rings. The lowest BCUT2D eigenvalue weighted by Crippen LogP contribution is -2.46. The second-order valence-corrected chi connectivity index (χ2v) is 7.41. The molecular weight excluding hydrogens is 334 g/mol. The Morgan fingerprint density at radius 2 is 2.12 bits per heavy atom. The number of rotatable bonds is 3. The van der Waals surface area contributed by atoms with Gasteiger partial charge in [-0.25, -0.2) is 4.98 Å². The Hall–Kier alpha value is -2.41. The van der Waals surface area contributed by atoms with Crippen LogP contribution < -0.4 is 4.90 Å². The van der Waals surface area contributed by atoms with Crippen LogP contribution in [-0.4, -0.2) is 51.5 Å². The average molecular weight is 355 g/mol. The van der Waals surface area contributed by atoms with Crippen LogP contribution >= 0.6 is 11.3 Å². The molecule has 6 nitrogen and oxygen atoms in total. The number of hydrogen-bond donors (Lipinski definition) is 0. The Labute approximate surface area is 150 Å². The van der Waals surface area contributed by atoms with E-state index in [9.17, 15) is 4.79 Å². The third kappa shape index (κ3) is 2.89. The van der Waals surface area contributed by atoms with Crippen LogP contribution in [0, 0.1) is 0 Å². The van der Waals surface area contributed by atoms with E-state index in [1.165, 1.54) is 10.4 Å². The number of hydrogen-bond acceptors (Lipinski definition) is 5. The maximum Gasteiger partial charge on any atom is 0.272 e. The summed E-state index contributed by atoms with van der Waals surface area (Å²) < 4.78 is 3.03. The molecule has 1 amide bonds. The molecule has 0 aromatic carbocycles. The van der Waals surface area contributed by atoms with Gasteiger partial charge in [0.25, 0.3) is 5.91 Å². The van der Waals surface area contributed by atoms with Crippen molar-refractivity contribution in [3.8, 4) is 0 Å². The molecule has 0 aliphatic carbocycles. The zero-order valence-electron chi connectivity index (χ0n) is 14.4. The number of anilines is 1. The molecule has 130 valence electrons. The highest BCUT2D eigenvalue weighted by atomic mass is 32.1. The monoisotopic (exact) mass is 355 g/mol. The number of pyridine rings is 1. The van der Waals surface area contributed by atoms with Gasteiger partial charge in [-0.3, -0.25) is 9.78 Å². The number of fused-ring (bicyclic) bond motifs is 1. The van der Waals surface area contributed by atoms with Crippen LogP contribution in [0.3, 0.4) is 0 Å². The maximum atomic E-state index is 12.7. The van der Waals surface area contributed by atoms with E-state index >= 15 is 0 Å². The highest BCUT2D eigenvalue weighted by Crippen LogP contribution is 2.32. The summed E-state index contributed by atoms with van der Waals surface area (Å²) in [6, 6.07) is 4.43. The molecule has 0 atom stereocenters. The van der Waals surface area contributed by atoms with E-state index in [1.807, 2.05) is 25.2 Å². The summed E-state index contributed by atoms with van der Waals surface area (Å²) in [4.78, 5) is 25.4.